The quantitative estimate of drug-likeness (QED) is 0.325. The van der Waals surface area contributed by atoms with Crippen molar-refractivity contribution in [2.75, 3.05) is 5.32 Å². The number of anilines is 1. The van der Waals surface area contributed by atoms with Crippen LogP contribution in [0.2, 0.25) is 5.02 Å². The van der Waals surface area contributed by atoms with Gasteiger partial charge < -0.3 is 14.2 Å². The maximum Gasteiger partial charge on any atom is 0.291 e. The van der Waals surface area contributed by atoms with Crippen molar-refractivity contribution in [1.29, 1.82) is 0 Å². The first kappa shape index (κ1) is 19.2. The van der Waals surface area contributed by atoms with Gasteiger partial charge in [-0.3, -0.25) is 9.59 Å². The molecule has 0 aliphatic rings. The third-order valence-corrected chi connectivity index (χ3v) is 5.37. The van der Waals surface area contributed by atoms with E-state index >= 15 is 0 Å². The molecule has 0 aliphatic heterocycles. The van der Waals surface area contributed by atoms with Gasteiger partial charge >= 0.3 is 0 Å². The van der Waals surface area contributed by atoms with E-state index in [-0.39, 0.29) is 17.5 Å². The van der Waals surface area contributed by atoms with Crippen molar-refractivity contribution in [1.82, 2.24) is 0 Å². The fourth-order valence-electron chi connectivity index (χ4n) is 3.55. The average Bonchev–Trinajstić information content (AvgIpc) is 3.35. The van der Waals surface area contributed by atoms with Crippen LogP contribution in [0.5, 0.6) is 0 Å². The van der Waals surface area contributed by atoms with Gasteiger partial charge in [-0.1, -0.05) is 41.9 Å². The van der Waals surface area contributed by atoms with E-state index in [0.717, 1.165) is 16.3 Å². The number of rotatable bonds is 4. The number of nitrogens with one attached hydrogen (secondary N) is 1. The van der Waals surface area contributed by atoms with Crippen LogP contribution in [0.4, 0.5) is 5.69 Å². The topological polar surface area (TPSA) is 72.5 Å². The Hall–Kier alpha value is -3.83. The van der Waals surface area contributed by atoms with Crippen LogP contribution in [-0.4, -0.2) is 11.7 Å². The molecular weight excluding hydrogens is 414 g/mol. The van der Waals surface area contributed by atoms with Gasteiger partial charge in [0.1, 0.15) is 11.2 Å². The summed E-state index contributed by atoms with van der Waals surface area (Å²) in [6, 6.07) is 21.0. The highest BCUT2D eigenvalue weighted by molar-refractivity contribution is 6.31. The summed E-state index contributed by atoms with van der Waals surface area (Å²) in [5.41, 5.74) is 3.01. The highest BCUT2D eigenvalue weighted by Gasteiger charge is 2.20. The number of aryl methyl sites for hydroxylation is 1. The van der Waals surface area contributed by atoms with Crippen molar-refractivity contribution < 1.29 is 18.4 Å². The van der Waals surface area contributed by atoms with Crippen LogP contribution in [0.15, 0.2) is 81.6 Å². The van der Waals surface area contributed by atoms with Crippen LogP contribution in [0.1, 0.15) is 32.2 Å². The molecule has 0 aliphatic carbocycles. The van der Waals surface area contributed by atoms with Crippen LogP contribution in [0, 0.1) is 6.92 Å². The standard InChI is InChI=1S/C25H16ClNO4/c1-14-19-13-18(27-25(29)22-12-16-11-17(26)7-9-20(16)30-22)8-10-21(19)31-24(14)23(28)15-5-3-2-4-6-15/h2-13H,1H3,(H,27,29). The Morgan fingerprint density at radius 3 is 2.45 bits per heavy atom. The summed E-state index contributed by atoms with van der Waals surface area (Å²) in [5, 5.41) is 4.91. The molecular formula is C25H16ClNO4. The summed E-state index contributed by atoms with van der Waals surface area (Å²) in [6.07, 6.45) is 0. The number of carbonyl (C=O) groups is 2. The zero-order chi connectivity index (χ0) is 21.5. The number of ketones is 1. The van der Waals surface area contributed by atoms with Gasteiger partial charge in [0.25, 0.3) is 5.91 Å². The molecule has 5 aromatic rings. The van der Waals surface area contributed by atoms with E-state index in [4.69, 9.17) is 20.4 Å². The smallest absolute Gasteiger partial charge is 0.291 e. The Labute approximate surface area is 182 Å². The fourth-order valence-corrected chi connectivity index (χ4v) is 3.74. The molecule has 0 atom stereocenters. The lowest BCUT2D eigenvalue weighted by molar-refractivity contribution is 0.0995. The molecule has 0 saturated carbocycles. The van der Waals surface area contributed by atoms with Crippen LogP contribution < -0.4 is 5.32 Å². The first-order chi connectivity index (χ1) is 15.0. The van der Waals surface area contributed by atoms with Crippen molar-refractivity contribution in [3.05, 3.63) is 100 Å². The molecule has 0 spiro atoms. The molecule has 0 fully saturated rings. The van der Waals surface area contributed by atoms with Crippen LogP contribution in [0.3, 0.4) is 0 Å². The average molecular weight is 430 g/mol. The molecule has 152 valence electrons. The van der Waals surface area contributed by atoms with Gasteiger partial charge in [0.2, 0.25) is 5.78 Å². The molecule has 5 nitrogen and oxygen atoms in total. The minimum atomic E-state index is -0.381. The maximum absolute atomic E-state index is 12.8. The summed E-state index contributed by atoms with van der Waals surface area (Å²) in [7, 11) is 0. The second-order valence-electron chi connectivity index (χ2n) is 7.21. The van der Waals surface area contributed by atoms with Gasteiger partial charge in [-0.2, -0.15) is 0 Å². The van der Waals surface area contributed by atoms with E-state index in [1.807, 2.05) is 25.1 Å². The molecule has 2 heterocycles. The number of hydrogen-bond donors (Lipinski definition) is 1. The maximum atomic E-state index is 12.8. The summed E-state index contributed by atoms with van der Waals surface area (Å²) in [6.45, 7) is 1.83. The zero-order valence-corrected chi connectivity index (χ0v) is 17.2. The third kappa shape index (κ3) is 3.49. The Morgan fingerprint density at radius 1 is 0.871 bits per heavy atom. The first-order valence-corrected chi connectivity index (χ1v) is 10.0. The number of furan rings is 2. The lowest BCUT2D eigenvalue weighted by Gasteiger charge is -2.03. The van der Waals surface area contributed by atoms with Gasteiger partial charge in [0.15, 0.2) is 11.5 Å². The number of amides is 1. The van der Waals surface area contributed by atoms with E-state index in [1.54, 1.807) is 54.6 Å². The van der Waals surface area contributed by atoms with Crippen LogP contribution >= 0.6 is 11.6 Å². The molecule has 0 saturated heterocycles. The number of hydrogen-bond acceptors (Lipinski definition) is 4. The lowest BCUT2D eigenvalue weighted by Crippen LogP contribution is -2.10. The third-order valence-electron chi connectivity index (χ3n) is 5.14. The van der Waals surface area contributed by atoms with E-state index in [0.29, 0.717) is 33.2 Å². The molecule has 1 amide bonds. The SMILES string of the molecule is Cc1c(C(=O)c2ccccc2)oc2ccc(NC(=O)c3cc4cc(Cl)ccc4o3)cc12. The Kier molecular flexibility index (Phi) is 4.60. The first-order valence-electron chi connectivity index (χ1n) is 9.63. The van der Waals surface area contributed by atoms with Gasteiger partial charge in [0, 0.05) is 32.6 Å². The minimum absolute atomic E-state index is 0.180. The van der Waals surface area contributed by atoms with Crippen molar-refractivity contribution >= 4 is 50.9 Å². The number of halogens is 1. The van der Waals surface area contributed by atoms with Crippen LogP contribution in [-0.2, 0) is 0 Å². The lowest BCUT2D eigenvalue weighted by atomic mass is 10.0. The second-order valence-corrected chi connectivity index (χ2v) is 7.65. The molecule has 3 aromatic carbocycles. The van der Waals surface area contributed by atoms with E-state index in [2.05, 4.69) is 5.32 Å². The number of fused-ring (bicyclic) bond motifs is 2. The fraction of sp³-hybridized carbons (Fsp3) is 0.0400. The molecule has 0 bridgehead atoms. The molecule has 1 N–H and O–H groups in total. The molecule has 0 unspecified atom stereocenters. The highest BCUT2D eigenvalue weighted by Crippen LogP contribution is 2.30. The van der Waals surface area contributed by atoms with E-state index < -0.39 is 0 Å². The largest absolute Gasteiger partial charge is 0.452 e. The molecule has 2 aromatic heterocycles. The van der Waals surface area contributed by atoms with Crippen LogP contribution in [0.25, 0.3) is 21.9 Å². The second kappa shape index (κ2) is 7.45. The molecule has 0 radical (unpaired) electrons. The van der Waals surface area contributed by atoms with Gasteiger partial charge in [-0.15, -0.1) is 0 Å². The Balaban J connectivity index is 1.44. The molecule has 5 rings (SSSR count). The molecule has 31 heavy (non-hydrogen) atoms. The van der Waals surface area contributed by atoms with E-state index in [9.17, 15) is 9.59 Å². The predicted octanol–water partition coefficient (Wildman–Crippen LogP) is 6.62. The zero-order valence-electron chi connectivity index (χ0n) is 16.4. The van der Waals surface area contributed by atoms with Gasteiger partial charge in [-0.25, -0.2) is 0 Å². The van der Waals surface area contributed by atoms with Crippen molar-refractivity contribution in [2.24, 2.45) is 0 Å². The monoisotopic (exact) mass is 429 g/mol. The van der Waals surface area contributed by atoms with Crippen molar-refractivity contribution in [2.45, 2.75) is 6.92 Å². The highest BCUT2D eigenvalue weighted by atomic mass is 35.5. The molecule has 6 heteroatoms. The van der Waals surface area contributed by atoms with Crippen molar-refractivity contribution in [3.8, 4) is 0 Å². The van der Waals surface area contributed by atoms with E-state index in [1.165, 1.54) is 0 Å². The summed E-state index contributed by atoms with van der Waals surface area (Å²) >= 11 is 6.00. The minimum Gasteiger partial charge on any atom is -0.452 e. The predicted molar refractivity (Wildman–Crippen MR) is 120 cm³/mol. The number of benzene rings is 3. The Morgan fingerprint density at radius 2 is 1.65 bits per heavy atom. The summed E-state index contributed by atoms with van der Waals surface area (Å²) in [4.78, 5) is 25.5. The normalized spacial score (nSPS) is 11.2. The van der Waals surface area contributed by atoms with Gasteiger partial charge in [0.05, 0.1) is 0 Å². The van der Waals surface area contributed by atoms with Gasteiger partial charge in [-0.05, 0) is 49.4 Å². The van der Waals surface area contributed by atoms with Crippen molar-refractivity contribution in [3.63, 3.8) is 0 Å². The Bertz CT molecular complexity index is 1460. The summed E-state index contributed by atoms with van der Waals surface area (Å²) < 4.78 is 11.4. The number of carbonyl (C=O) groups excluding carboxylic acids is 2. The summed E-state index contributed by atoms with van der Waals surface area (Å²) in [5.74, 6) is -0.0886.